The summed E-state index contributed by atoms with van der Waals surface area (Å²) in [4.78, 5) is 17.3. The third-order valence-corrected chi connectivity index (χ3v) is 6.88. The Morgan fingerprint density at radius 3 is 2.23 bits per heavy atom. The highest BCUT2D eigenvalue weighted by Crippen LogP contribution is 2.27. The van der Waals surface area contributed by atoms with Gasteiger partial charge in [0.25, 0.3) is 5.91 Å². The number of nitrogens with zero attached hydrogens (tertiary/aromatic N) is 2. The fraction of sp³-hybridized carbons (Fsp3) is 0.321. The van der Waals surface area contributed by atoms with Crippen LogP contribution in [0.4, 0.5) is 0 Å². The Morgan fingerprint density at radius 2 is 1.45 bits per heavy atom. The van der Waals surface area contributed by atoms with Gasteiger partial charge in [-0.25, -0.2) is 0 Å². The molecule has 2 aliphatic heterocycles. The predicted molar refractivity (Wildman–Crippen MR) is 126 cm³/mol. The highest BCUT2D eigenvalue weighted by atomic mass is 16.2. The number of hydrogen-bond donors (Lipinski definition) is 0. The SMILES string of the molecule is O=C1c2ccccc2CN1CC1CCN(CCc2ccccc2-c2ccccc2)CC1. The molecule has 3 heteroatoms. The molecule has 0 N–H and O–H groups in total. The summed E-state index contributed by atoms with van der Waals surface area (Å²) in [5, 5.41) is 0. The van der Waals surface area contributed by atoms with E-state index in [1.165, 1.54) is 35.1 Å². The molecular formula is C28H30N2O. The van der Waals surface area contributed by atoms with Gasteiger partial charge in [0.05, 0.1) is 0 Å². The quantitative estimate of drug-likeness (QED) is 0.553. The van der Waals surface area contributed by atoms with Crippen molar-refractivity contribution in [2.24, 2.45) is 5.92 Å². The van der Waals surface area contributed by atoms with Gasteiger partial charge in [0, 0.05) is 25.2 Å². The van der Waals surface area contributed by atoms with E-state index in [-0.39, 0.29) is 5.91 Å². The van der Waals surface area contributed by atoms with Crippen molar-refractivity contribution in [1.29, 1.82) is 0 Å². The van der Waals surface area contributed by atoms with Crippen LogP contribution in [0, 0.1) is 5.92 Å². The molecular weight excluding hydrogens is 380 g/mol. The van der Waals surface area contributed by atoms with Gasteiger partial charge in [-0.05, 0) is 66.6 Å². The summed E-state index contributed by atoms with van der Waals surface area (Å²) in [5.41, 5.74) is 6.16. The Bertz CT molecular complexity index is 1040. The van der Waals surface area contributed by atoms with Gasteiger partial charge in [0.1, 0.15) is 0 Å². The number of rotatable bonds is 6. The van der Waals surface area contributed by atoms with Crippen molar-refractivity contribution >= 4 is 5.91 Å². The molecule has 2 heterocycles. The molecule has 0 aliphatic carbocycles. The van der Waals surface area contributed by atoms with Crippen LogP contribution in [0.5, 0.6) is 0 Å². The summed E-state index contributed by atoms with van der Waals surface area (Å²) in [7, 11) is 0. The number of piperidine rings is 1. The molecule has 1 saturated heterocycles. The first-order valence-corrected chi connectivity index (χ1v) is 11.5. The van der Waals surface area contributed by atoms with Crippen molar-refractivity contribution in [2.75, 3.05) is 26.2 Å². The number of fused-ring (bicyclic) bond motifs is 1. The molecule has 1 fully saturated rings. The topological polar surface area (TPSA) is 23.6 Å². The second kappa shape index (κ2) is 9.07. The standard InChI is InChI=1S/C28H30N2O/c31-28-27-13-7-5-11-25(27)21-30(28)20-22-14-17-29(18-15-22)19-16-24-10-4-6-12-26(24)23-8-2-1-3-9-23/h1-13,22H,14-21H2. The Morgan fingerprint density at radius 1 is 0.774 bits per heavy atom. The van der Waals surface area contributed by atoms with Crippen LogP contribution in [-0.2, 0) is 13.0 Å². The molecule has 0 unspecified atom stereocenters. The van der Waals surface area contributed by atoms with Crippen LogP contribution >= 0.6 is 0 Å². The minimum absolute atomic E-state index is 0.218. The number of carbonyl (C=O) groups excluding carboxylic acids is 1. The molecule has 3 aromatic rings. The van der Waals surface area contributed by atoms with Gasteiger partial charge >= 0.3 is 0 Å². The normalized spacial score (nSPS) is 17.2. The molecule has 1 amide bonds. The molecule has 158 valence electrons. The van der Waals surface area contributed by atoms with Crippen LogP contribution in [0.15, 0.2) is 78.9 Å². The van der Waals surface area contributed by atoms with Crippen LogP contribution in [0.3, 0.4) is 0 Å². The first-order chi connectivity index (χ1) is 15.3. The van der Waals surface area contributed by atoms with Gasteiger partial charge < -0.3 is 9.80 Å². The average Bonchev–Trinajstić information content (AvgIpc) is 3.15. The van der Waals surface area contributed by atoms with Gasteiger partial charge in [0.2, 0.25) is 0 Å². The van der Waals surface area contributed by atoms with E-state index in [2.05, 4.69) is 70.5 Å². The molecule has 31 heavy (non-hydrogen) atoms. The molecule has 0 spiro atoms. The smallest absolute Gasteiger partial charge is 0.254 e. The van der Waals surface area contributed by atoms with Crippen molar-refractivity contribution in [3.8, 4) is 11.1 Å². The third-order valence-electron chi connectivity index (χ3n) is 6.88. The van der Waals surface area contributed by atoms with E-state index in [4.69, 9.17) is 0 Å². The van der Waals surface area contributed by atoms with E-state index in [1.807, 2.05) is 18.2 Å². The van der Waals surface area contributed by atoms with Crippen LogP contribution in [-0.4, -0.2) is 41.9 Å². The molecule has 3 aromatic carbocycles. The number of likely N-dealkylation sites (tertiary alicyclic amines) is 1. The lowest BCUT2D eigenvalue weighted by atomic mass is 9.94. The maximum absolute atomic E-state index is 12.7. The van der Waals surface area contributed by atoms with E-state index < -0.39 is 0 Å². The second-order valence-corrected chi connectivity index (χ2v) is 8.90. The number of carbonyl (C=O) groups is 1. The van der Waals surface area contributed by atoms with E-state index in [0.29, 0.717) is 5.92 Å². The average molecular weight is 411 g/mol. The lowest BCUT2D eigenvalue weighted by Crippen LogP contribution is -2.39. The monoisotopic (exact) mass is 410 g/mol. The van der Waals surface area contributed by atoms with Crippen molar-refractivity contribution < 1.29 is 4.79 Å². The van der Waals surface area contributed by atoms with Gasteiger partial charge in [-0.3, -0.25) is 4.79 Å². The second-order valence-electron chi connectivity index (χ2n) is 8.90. The molecule has 3 nitrogen and oxygen atoms in total. The Hall–Kier alpha value is -2.91. The Balaban J connectivity index is 1.13. The molecule has 2 aliphatic rings. The van der Waals surface area contributed by atoms with Crippen molar-refractivity contribution in [3.05, 3.63) is 95.6 Å². The highest BCUT2D eigenvalue weighted by molar-refractivity contribution is 5.98. The summed E-state index contributed by atoms with van der Waals surface area (Å²) in [6.45, 7) is 5.05. The van der Waals surface area contributed by atoms with E-state index in [1.54, 1.807) is 0 Å². The molecule has 0 radical (unpaired) electrons. The van der Waals surface area contributed by atoms with Gasteiger partial charge in [-0.2, -0.15) is 0 Å². The minimum Gasteiger partial charge on any atom is -0.334 e. The number of benzene rings is 3. The van der Waals surface area contributed by atoms with Gasteiger partial charge in [-0.15, -0.1) is 0 Å². The van der Waals surface area contributed by atoms with Crippen molar-refractivity contribution in [1.82, 2.24) is 9.80 Å². The first kappa shape index (κ1) is 20.0. The van der Waals surface area contributed by atoms with Crippen molar-refractivity contribution in [2.45, 2.75) is 25.8 Å². The number of hydrogen-bond acceptors (Lipinski definition) is 2. The Labute approximate surface area is 185 Å². The summed E-state index contributed by atoms with van der Waals surface area (Å²) < 4.78 is 0. The van der Waals surface area contributed by atoms with Gasteiger partial charge in [-0.1, -0.05) is 72.8 Å². The predicted octanol–water partition coefficient (Wildman–Crippen LogP) is 5.26. The fourth-order valence-corrected chi connectivity index (χ4v) is 5.08. The first-order valence-electron chi connectivity index (χ1n) is 11.5. The van der Waals surface area contributed by atoms with Crippen LogP contribution < -0.4 is 0 Å². The molecule has 0 aromatic heterocycles. The largest absolute Gasteiger partial charge is 0.334 e. The summed E-state index contributed by atoms with van der Waals surface area (Å²) in [5.74, 6) is 0.835. The highest BCUT2D eigenvalue weighted by Gasteiger charge is 2.30. The van der Waals surface area contributed by atoms with Crippen molar-refractivity contribution in [3.63, 3.8) is 0 Å². The fourth-order valence-electron chi connectivity index (χ4n) is 5.08. The van der Waals surface area contributed by atoms with E-state index in [9.17, 15) is 4.79 Å². The molecule has 0 atom stereocenters. The lowest BCUT2D eigenvalue weighted by Gasteiger charge is -2.34. The number of amides is 1. The molecule has 0 bridgehead atoms. The van der Waals surface area contributed by atoms with E-state index in [0.717, 1.165) is 44.7 Å². The lowest BCUT2D eigenvalue weighted by molar-refractivity contribution is 0.0714. The zero-order valence-electron chi connectivity index (χ0n) is 18.0. The summed E-state index contributed by atoms with van der Waals surface area (Å²) >= 11 is 0. The Kier molecular flexibility index (Phi) is 5.86. The zero-order chi connectivity index (χ0) is 21.0. The van der Waals surface area contributed by atoms with Gasteiger partial charge in [0.15, 0.2) is 0 Å². The molecule has 0 saturated carbocycles. The summed E-state index contributed by atoms with van der Waals surface area (Å²) in [6.07, 6.45) is 3.44. The summed E-state index contributed by atoms with van der Waals surface area (Å²) in [6, 6.07) is 27.5. The zero-order valence-corrected chi connectivity index (χ0v) is 18.0. The van der Waals surface area contributed by atoms with E-state index >= 15 is 0 Å². The maximum atomic E-state index is 12.7. The van der Waals surface area contributed by atoms with Crippen LogP contribution in [0.2, 0.25) is 0 Å². The molecule has 5 rings (SSSR count). The van der Waals surface area contributed by atoms with Crippen LogP contribution in [0.1, 0.15) is 34.3 Å². The third kappa shape index (κ3) is 4.42. The maximum Gasteiger partial charge on any atom is 0.254 e. The van der Waals surface area contributed by atoms with Crippen LogP contribution in [0.25, 0.3) is 11.1 Å². The minimum atomic E-state index is 0.218.